The Hall–Kier alpha value is -0.850. The van der Waals surface area contributed by atoms with Crippen molar-refractivity contribution >= 4 is 5.96 Å². The molecule has 1 atom stereocenters. The van der Waals surface area contributed by atoms with Gasteiger partial charge in [0.1, 0.15) is 0 Å². The van der Waals surface area contributed by atoms with Crippen molar-refractivity contribution in [3.05, 3.63) is 0 Å². The predicted octanol–water partition coefficient (Wildman–Crippen LogP) is 1.54. The van der Waals surface area contributed by atoms with E-state index in [0.717, 1.165) is 51.5 Å². The molecule has 0 radical (unpaired) electrons. The minimum Gasteiger partial charge on any atom is -0.396 e. The number of rotatable bonds is 10. The highest BCUT2D eigenvalue weighted by Gasteiger charge is 2.37. The summed E-state index contributed by atoms with van der Waals surface area (Å²) in [7, 11) is 1.77. The van der Waals surface area contributed by atoms with Crippen LogP contribution in [0.15, 0.2) is 4.99 Å². The van der Waals surface area contributed by atoms with E-state index >= 15 is 0 Å². The fourth-order valence-corrected chi connectivity index (χ4v) is 3.66. The first-order chi connectivity index (χ1) is 11.7. The van der Waals surface area contributed by atoms with Crippen LogP contribution in [0, 0.1) is 10.8 Å². The van der Waals surface area contributed by atoms with Crippen LogP contribution in [0.2, 0.25) is 0 Å². The van der Waals surface area contributed by atoms with Crippen LogP contribution in [0.5, 0.6) is 0 Å². The quantitative estimate of drug-likeness (QED) is 0.415. The van der Waals surface area contributed by atoms with Crippen molar-refractivity contribution in [2.24, 2.45) is 15.8 Å². The molecule has 0 aromatic rings. The molecule has 1 saturated carbocycles. The Morgan fingerprint density at radius 1 is 1.21 bits per heavy atom. The average molecular weight is 341 g/mol. The minimum absolute atomic E-state index is 0.00130. The smallest absolute Gasteiger partial charge is 0.191 e. The fourth-order valence-electron chi connectivity index (χ4n) is 3.66. The van der Waals surface area contributed by atoms with Gasteiger partial charge in [-0.25, -0.2) is 0 Å². The largest absolute Gasteiger partial charge is 0.396 e. The number of aliphatic imine (C=N–C) groups is 1. The van der Waals surface area contributed by atoms with Crippen LogP contribution in [0.25, 0.3) is 0 Å². The van der Waals surface area contributed by atoms with Crippen LogP contribution < -0.4 is 10.6 Å². The molecular weight excluding hydrogens is 306 g/mol. The van der Waals surface area contributed by atoms with Crippen molar-refractivity contribution in [3.8, 4) is 0 Å². The van der Waals surface area contributed by atoms with Gasteiger partial charge in [0.05, 0.1) is 13.2 Å². The third-order valence-electron chi connectivity index (χ3n) is 5.63. The highest BCUT2D eigenvalue weighted by Crippen LogP contribution is 2.43. The van der Waals surface area contributed by atoms with Crippen molar-refractivity contribution in [2.75, 3.05) is 53.2 Å². The van der Waals surface area contributed by atoms with E-state index in [9.17, 15) is 5.11 Å². The fraction of sp³-hybridized carbons (Fsp3) is 0.944. The highest BCUT2D eigenvalue weighted by atomic mass is 16.5. The summed E-state index contributed by atoms with van der Waals surface area (Å²) in [4.78, 5) is 4.80. The molecule has 0 aromatic heterocycles. The number of nitrogens with zero attached hydrogens (tertiary/aromatic N) is 1. The number of hydrogen-bond acceptors (Lipinski definition) is 4. The second-order valence-electron chi connectivity index (χ2n) is 7.42. The molecule has 3 N–H and O–H groups in total. The second-order valence-corrected chi connectivity index (χ2v) is 7.42. The summed E-state index contributed by atoms with van der Waals surface area (Å²) >= 11 is 0. The molecule has 2 rings (SSSR count). The molecular formula is C18H35N3O3. The van der Waals surface area contributed by atoms with Crippen LogP contribution >= 0.6 is 0 Å². The van der Waals surface area contributed by atoms with E-state index in [0.29, 0.717) is 18.6 Å². The molecule has 1 aliphatic carbocycles. The zero-order valence-electron chi connectivity index (χ0n) is 15.4. The van der Waals surface area contributed by atoms with Crippen LogP contribution in [0.3, 0.4) is 0 Å². The van der Waals surface area contributed by atoms with Crippen LogP contribution in [0.4, 0.5) is 0 Å². The molecule has 2 fully saturated rings. The van der Waals surface area contributed by atoms with Gasteiger partial charge in [0.25, 0.3) is 0 Å². The van der Waals surface area contributed by atoms with Gasteiger partial charge >= 0.3 is 0 Å². The number of aliphatic hydroxyl groups excluding tert-OH is 1. The lowest BCUT2D eigenvalue weighted by atomic mass is 9.67. The first-order valence-corrected chi connectivity index (χ1v) is 9.37. The van der Waals surface area contributed by atoms with E-state index in [2.05, 4.69) is 17.6 Å². The van der Waals surface area contributed by atoms with Gasteiger partial charge in [-0.1, -0.05) is 6.42 Å². The van der Waals surface area contributed by atoms with Crippen LogP contribution in [-0.2, 0) is 9.47 Å². The Balaban J connectivity index is 1.90. The summed E-state index contributed by atoms with van der Waals surface area (Å²) in [5.41, 5.74) is 0.368. The van der Waals surface area contributed by atoms with Gasteiger partial charge in [0, 0.05) is 45.4 Å². The summed E-state index contributed by atoms with van der Waals surface area (Å²) in [6.07, 6.45) is 6.70. The van der Waals surface area contributed by atoms with Gasteiger partial charge in [-0.05, 0) is 44.4 Å². The van der Waals surface area contributed by atoms with Gasteiger partial charge in [0.2, 0.25) is 0 Å². The molecule has 6 nitrogen and oxygen atoms in total. The van der Waals surface area contributed by atoms with Crippen molar-refractivity contribution in [1.29, 1.82) is 0 Å². The molecule has 6 heteroatoms. The van der Waals surface area contributed by atoms with E-state index in [1.165, 1.54) is 19.3 Å². The molecule has 1 unspecified atom stereocenters. The Labute approximate surface area is 146 Å². The normalized spacial score (nSPS) is 26.2. The van der Waals surface area contributed by atoms with E-state index < -0.39 is 0 Å². The first-order valence-electron chi connectivity index (χ1n) is 9.37. The van der Waals surface area contributed by atoms with Gasteiger partial charge < -0.3 is 25.2 Å². The summed E-state index contributed by atoms with van der Waals surface area (Å²) in [5.74, 6) is 0.880. The highest BCUT2D eigenvalue weighted by molar-refractivity contribution is 5.79. The Morgan fingerprint density at radius 3 is 2.58 bits per heavy atom. The van der Waals surface area contributed by atoms with Crippen molar-refractivity contribution in [3.63, 3.8) is 0 Å². The average Bonchev–Trinajstić information content (AvgIpc) is 3.00. The number of guanidine groups is 1. The minimum atomic E-state index is 0.00130. The predicted molar refractivity (Wildman–Crippen MR) is 96.3 cm³/mol. The van der Waals surface area contributed by atoms with E-state index in [1.807, 2.05) is 0 Å². The van der Waals surface area contributed by atoms with Gasteiger partial charge in [-0.3, -0.25) is 4.99 Å². The van der Waals surface area contributed by atoms with Crippen LogP contribution in [0.1, 0.15) is 45.4 Å². The van der Waals surface area contributed by atoms with E-state index in [1.54, 1.807) is 7.11 Å². The Morgan fingerprint density at radius 2 is 2.04 bits per heavy atom. The summed E-state index contributed by atoms with van der Waals surface area (Å²) < 4.78 is 10.8. The topological polar surface area (TPSA) is 75.1 Å². The molecule has 1 saturated heterocycles. The first kappa shape index (κ1) is 19.5. The number of hydrogen-bond donors (Lipinski definition) is 3. The Kier molecular flexibility index (Phi) is 7.78. The number of aliphatic hydroxyl groups is 1. The molecule has 0 aromatic carbocycles. The van der Waals surface area contributed by atoms with Crippen molar-refractivity contribution in [1.82, 2.24) is 10.6 Å². The third-order valence-corrected chi connectivity index (χ3v) is 5.63. The molecule has 24 heavy (non-hydrogen) atoms. The molecule has 1 aliphatic heterocycles. The number of nitrogens with one attached hydrogen (secondary N) is 2. The third kappa shape index (κ3) is 5.33. The molecule has 0 amide bonds. The lowest BCUT2D eigenvalue weighted by Crippen LogP contribution is -2.47. The van der Waals surface area contributed by atoms with Crippen molar-refractivity contribution < 1.29 is 14.6 Å². The zero-order chi connectivity index (χ0) is 17.3. The molecule has 2 aliphatic rings. The maximum absolute atomic E-state index is 9.35. The van der Waals surface area contributed by atoms with Crippen LogP contribution in [-0.4, -0.2) is 64.2 Å². The van der Waals surface area contributed by atoms with Crippen molar-refractivity contribution in [2.45, 2.75) is 45.4 Å². The monoisotopic (exact) mass is 341 g/mol. The molecule has 0 bridgehead atoms. The summed E-state index contributed by atoms with van der Waals surface area (Å²) in [5, 5.41) is 16.2. The molecule has 1 heterocycles. The number of ether oxygens (including phenoxy) is 2. The maximum Gasteiger partial charge on any atom is 0.191 e. The van der Waals surface area contributed by atoms with E-state index in [-0.39, 0.29) is 12.0 Å². The lowest BCUT2D eigenvalue weighted by molar-refractivity contribution is 0.0732. The summed E-state index contributed by atoms with van der Waals surface area (Å²) in [6, 6.07) is 0. The summed E-state index contributed by atoms with van der Waals surface area (Å²) in [6.45, 7) is 7.09. The van der Waals surface area contributed by atoms with Gasteiger partial charge in [0.15, 0.2) is 5.96 Å². The Bertz CT molecular complexity index is 391. The standard InChI is InChI=1S/C18H35N3O3/c1-3-19-16(20-13-17(5-4-6-17)8-11-23-2)21-14-18(7-10-22)9-12-24-15-18/h22H,3-15H2,1-2H3,(H2,19,20,21). The SMILES string of the molecule is CCNC(=NCC1(CCO)CCOC1)NCC1(CCOC)CCC1. The van der Waals surface area contributed by atoms with Gasteiger partial charge in [-0.2, -0.15) is 0 Å². The molecule has 140 valence electrons. The lowest BCUT2D eigenvalue weighted by Gasteiger charge is -2.42. The number of methoxy groups -OCH3 is 1. The second kappa shape index (κ2) is 9.59. The zero-order valence-corrected chi connectivity index (χ0v) is 15.4. The maximum atomic E-state index is 9.35. The molecule has 0 spiro atoms. The van der Waals surface area contributed by atoms with Gasteiger partial charge in [-0.15, -0.1) is 0 Å². The van der Waals surface area contributed by atoms with E-state index in [4.69, 9.17) is 14.5 Å².